The van der Waals surface area contributed by atoms with Crippen LogP contribution in [0.1, 0.15) is 6.42 Å². The van der Waals surface area contributed by atoms with E-state index in [1.807, 2.05) is 0 Å². The van der Waals surface area contributed by atoms with Gasteiger partial charge in [0.05, 0.1) is 4.92 Å². The number of sulfonamides is 1. The smallest absolute Gasteiger partial charge is 0.289 e. The van der Waals surface area contributed by atoms with Gasteiger partial charge in [-0.2, -0.15) is 0 Å². The van der Waals surface area contributed by atoms with Gasteiger partial charge in [-0.05, 0) is 25.1 Å². The van der Waals surface area contributed by atoms with E-state index in [0.29, 0.717) is 17.4 Å². The molecule has 0 heterocycles. The van der Waals surface area contributed by atoms with Gasteiger partial charge >= 0.3 is 0 Å². The van der Waals surface area contributed by atoms with Crippen LogP contribution in [-0.4, -0.2) is 26.4 Å². The Bertz CT molecular complexity index is 552. The average molecular weight is 375 g/mol. The minimum atomic E-state index is -3.91. The molecular weight excluding hydrogens is 362 g/mol. The topological polar surface area (TPSA) is 115 Å². The van der Waals surface area contributed by atoms with Crippen LogP contribution in [0.25, 0.3) is 0 Å². The van der Waals surface area contributed by atoms with Gasteiger partial charge in [0.25, 0.3) is 5.69 Å². The van der Waals surface area contributed by atoms with Crippen molar-refractivity contribution in [2.75, 3.05) is 13.1 Å². The lowest BCUT2D eigenvalue weighted by molar-refractivity contribution is -0.387. The molecule has 1 aromatic rings. The summed E-state index contributed by atoms with van der Waals surface area (Å²) in [6.07, 6.45) is 0.459. The van der Waals surface area contributed by atoms with Crippen molar-refractivity contribution >= 4 is 44.0 Å². The Hall–Kier alpha value is -0.740. The van der Waals surface area contributed by atoms with Crippen molar-refractivity contribution in [1.29, 1.82) is 0 Å². The van der Waals surface area contributed by atoms with Crippen LogP contribution in [0, 0.1) is 10.1 Å². The molecule has 19 heavy (non-hydrogen) atoms. The first-order valence-electron chi connectivity index (χ1n) is 5.02. The largest absolute Gasteiger partial charge is 0.330 e. The number of nitro groups is 1. The first-order chi connectivity index (χ1) is 8.38. The van der Waals surface area contributed by atoms with Gasteiger partial charge in [-0.1, -0.05) is 15.9 Å². The number of nitro benzene ring substituents is 1. The van der Waals surface area contributed by atoms with Crippen LogP contribution in [0.4, 0.5) is 5.69 Å². The summed E-state index contributed by atoms with van der Waals surface area (Å²) in [6, 6.07) is 3.75. The summed E-state index contributed by atoms with van der Waals surface area (Å²) in [4.78, 5) is 9.69. The third-order valence-corrected chi connectivity index (χ3v) is 4.06. The highest BCUT2D eigenvalue weighted by molar-refractivity contribution is 9.10. The van der Waals surface area contributed by atoms with Crippen molar-refractivity contribution in [2.24, 2.45) is 5.73 Å². The lowest BCUT2D eigenvalue weighted by Crippen LogP contribution is -2.26. The molecule has 0 aromatic heterocycles. The van der Waals surface area contributed by atoms with Crippen molar-refractivity contribution < 1.29 is 13.3 Å². The zero-order valence-electron chi connectivity index (χ0n) is 9.71. The predicted molar refractivity (Wildman–Crippen MR) is 76.9 cm³/mol. The highest BCUT2D eigenvalue weighted by atomic mass is 79.9. The van der Waals surface area contributed by atoms with Gasteiger partial charge in [-0.3, -0.25) is 10.1 Å². The van der Waals surface area contributed by atoms with E-state index in [2.05, 4.69) is 20.7 Å². The molecule has 0 atom stereocenters. The van der Waals surface area contributed by atoms with Crippen molar-refractivity contribution in [3.05, 3.63) is 32.8 Å². The summed E-state index contributed by atoms with van der Waals surface area (Å²) in [6.45, 7) is 0.478. The second-order valence-electron chi connectivity index (χ2n) is 3.41. The summed E-state index contributed by atoms with van der Waals surface area (Å²) in [5, 5.41) is 10.8. The second-order valence-corrected chi connectivity index (χ2v) is 6.06. The Balaban J connectivity index is 0.00000324. The Kier molecular flexibility index (Phi) is 7.45. The number of nitrogens with one attached hydrogen (secondary N) is 1. The maximum atomic E-state index is 11.9. The van der Waals surface area contributed by atoms with E-state index in [0.717, 1.165) is 6.07 Å². The van der Waals surface area contributed by atoms with Gasteiger partial charge in [-0.25, -0.2) is 13.1 Å². The fraction of sp³-hybridized carbons (Fsp3) is 0.333. The SMILES string of the molecule is Cl.NCCCNS(=O)(=O)c1cc(Br)ccc1[N+](=O)[O-]. The zero-order valence-corrected chi connectivity index (χ0v) is 12.9. The number of hydrogen-bond acceptors (Lipinski definition) is 5. The summed E-state index contributed by atoms with van der Waals surface area (Å²) in [5.74, 6) is 0. The van der Waals surface area contributed by atoms with Gasteiger partial charge in [0.2, 0.25) is 10.0 Å². The average Bonchev–Trinajstić information content (AvgIpc) is 2.28. The molecule has 0 saturated heterocycles. The Morgan fingerprint density at radius 1 is 1.42 bits per heavy atom. The van der Waals surface area contributed by atoms with Crippen LogP contribution in [0.5, 0.6) is 0 Å². The third kappa shape index (κ3) is 5.03. The number of benzene rings is 1. The van der Waals surface area contributed by atoms with Crippen LogP contribution in [0.3, 0.4) is 0 Å². The van der Waals surface area contributed by atoms with Gasteiger partial charge in [0, 0.05) is 17.1 Å². The molecular formula is C9H13BrClN3O4S. The summed E-state index contributed by atoms with van der Waals surface area (Å²) >= 11 is 3.08. The first-order valence-corrected chi connectivity index (χ1v) is 7.30. The number of nitrogens with two attached hydrogens (primary N) is 1. The van der Waals surface area contributed by atoms with Crippen LogP contribution in [0.15, 0.2) is 27.6 Å². The van der Waals surface area contributed by atoms with Gasteiger partial charge in [0.1, 0.15) is 0 Å². The number of halogens is 2. The van der Waals surface area contributed by atoms with E-state index in [1.165, 1.54) is 12.1 Å². The molecule has 1 rings (SSSR count). The Morgan fingerprint density at radius 3 is 2.58 bits per heavy atom. The fourth-order valence-electron chi connectivity index (χ4n) is 1.24. The predicted octanol–water partition coefficient (Wildman–Crippen LogP) is 1.41. The number of hydrogen-bond donors (Lipinski definition) is 2. The van der Waals surface area contributed by atoms with Crippen molar-refractivity contribution in [3.8, 4) is 0 Å². The van der Waals surface area contributed by atoms with Gasteiger partial charge < -0.3 is 5.73 Å². The molecule has 0 aliphatic carbocycles. The van der Waals surface area contributed by atoms with Crippen LogP contribution < -0.4 is 10.5 Å². The second kappa shape index (κ2) is 7.75. The standard InChI is InChI=1S/C9H12BrN3O4S.ClH/c10-7-2-3-8(13(14)15)9(6-7)18(16,17)12-5-1-4-11;/h2-3,6,12H,1,4-5,11H2;1H. The molecule has 0 radical (unpaired) electrons. The Labute approximate surface area is 125 Å². The van der Waals surface area contributed by atoms with E-state index in [9.17, 15) is 18.5 Å². The molecule has 0 unspecified atom stereocenters. The zero-order chi connectivity index (χ0) is 13.8. The van der Waals surface area contributed by atoms with E-state index < -0.39 is 20.6 Å². The molecule has 0 spiro atoms. The lowest BCUT2D eigenvalue weighted by atomic mass is 10.3. The molecule has 10 heteroatoms. The first kappa shape index (κ1) is 18.3. The van der Waals surface area contributed by atoms with E-state index >= 15 is 0 Å². The van der Waals surface area contributed by atoms with Gasteiger partial charge in [0.15, 0.2) is 4.90 Å². The Morgan fingerprint density at radius 2 is 2.05 bits per heavy atom. The van der Waals surface area contributed by atoms with Crippen LogP contribution >= 0.6 is 28.3 Å². The minimum absolute atomic E-state index is 0. The molecule has 0 saturated carbocycles. The normalized spacial score (nSPS) is 10.8. The quantitative estimate of drug-likeness (QED) is 0.444. The summed E-state index contributed by atoms with van der Waals surface area (Å²) < 4.78 is 26.5. The van der Waals surface area contributed by atoms with E-state index in [4.69, 9.17) is 5.73 Å². The molecule has 7 nitrogen and oxygen atoms in total. The number of nitrogens with zero attached hydrogens (tertiary/aromatic N) is 1. The lowest BCUT2D eigenvalue weighted by Gasteiger charge is -2.07. The van der Waals surface area contributed by atoms with Crippen LogP contribution in [0.2, 0.25) is 0 Å². The van der Waals surface area contributed by atoms with Gasteiger partial charge in [-0.15, -0.1) is 12.4 Å². The molecule has 0 amide bonds. The summed E-state index contributed by atoms with van der Waals surface area (Å²) in [5.41, 5.74) is 4.79. The fourth-order valence-corrected chi connectivity index (χ4v) is 3.02. The summed E-state index contributed by atoms with van der Waals surface area (Å²) in [7, 11) is -3.91. The maximum absolute atomic E-state index is 11.9. The van der Waals surface area contributed by atoms with Crippen LogP contribution in [-0.2, 0) is 10.0 Å². The monoisotopic (exact) mass is 373 g/mol. The molecule has 3 N–H and O–H groups in total. The maximum Gasteiger partial charge on any atom is 0.289 e. The molecule has 0 aliphatic rings. The van der Waals surface area contributed by atoms with E-state index in [1.54, 1.807) is 0 Å². The van der Waals surface area contributed by atoms with Crippen molar-refractivity contribution in [1.82, 2.24) is 4.72 Å². The van der Waals surface area contributed by atoms with E-state index in [-0.39, 0.29) is 23.8 Å². The third-order valence-electron chi connectivity index (χ3n) is 2.08. The minimum Gasteiger partial charge on any atom is -0.330 e. The molecule has 0 fully saturated rings. The van der Waals surface area contributed by atoms with Crippen molar-refractivity contribution in [2.45, 2.75) is 11.3 Å². The molecule has 0 bridgehead atoms. The highest BCUT2D eigenvalue weighted by Gasteiger charge is 2.25. The molecule has 1 aromatic carbocycles. The highest BCUT2D eigenvalue weighted by Crippen LogP contribution is 2.26. The molecule has 0 aliphatic heterocycles. The van der Waals surface area contributed by atoms with Crippen molar-refractivity contribution in [3.63, 3.8) is 0 Å². The molecule has 108 valence electrons. The number of rotatable bonds is 6.